The largest absolute Gasteiger partial charge is 0.414 e. The minimum Gasteiger partial charge on any atom is -0.414 e. The first kappa shape index (κ1) is 19.8. The maximum Gasteiger partial charge on any atom is 0.192 e. The second-order valence-corrected chi connectivity index (χ2v) is 14.3. The number of aromatic nitrogens is 3. The first-order valence-corrected chi connectivity index (χ1v) is 13.0. The number of aryl methyl sites for hydroxylation is 1. The highest BCUT2D eigenvalue weighted by atomic mass is 35.5. The van der Waals surface area contributed by atoms with E-state index in [0.29, 0.717) is 23.2 Å². The van der Waals surface area contributed by atoms with Gasteiger partial charge in [0.05, 0.1) is 5.39 Å². The second kappa shape index (κ2) is 6.92. The third-order valence-electron chi connectivity index (χ3n) is 6.41. The number of hydrogen-bond donors (Lipinski definition) is 0. The highest BCUT2D eigenvalue weighted by molar-refractivity contribution is 6.74. The van der Waals surface area contributed by atoms with Crippen LogP contribution in [0.4, 0.5) is 0 Å². The van der Waals surface area contributed by atoms with Gasteiger partial charge in [0.15, 0.2) is 8.32 Å². The molecule has 0 bridgehead atoms. The molecule has 1 saturated carbocycles. The molecule has 26 heavy (non-hydrogen) atoms. The normalized spacial score (nSPS) is 24.5. The molecule has 1 aliphatic rings. The number of fused-ring (bicyclic) bond motifs is 1. The number of hydrogen-bond acceptors (Lipinski definition) is 3. The quantitative estimate of drug-likeness (QED) is 0.462. The van der Waals surface area contributed by atoms with Gasteiger partial charge in [-0.1, -0.05) is 45.7 Å². The molecule has 3 atom stereocenters. The lowest BCUT2D eigenvalue weighted by Crippen LogP contribution is -2.44. The summed E-state index contributed by atoms with van der Waals surface area (Å²) in [6.07, 6.45) is 5.80. The third-order valence-corrected chi connectivity index (χ3v) is 11.2. The lowest BCUT2D eigenvalue weighted by molar-refractivity contribution is 0.137. The maximum atomic E-state index is 6.82. The highest BCUT2D eigenvalue weighted by Gasteiger charge is 2.44. The van der Waals surface area contributed by atoms with Crippen LogP contribution in [0.5, 0.6) is 0 Å². The van der Waals surface area contributed by atoms with Crippen molar-refractivity contribution in [2.75, 3.05) is 0 Å². The summed E-state index contributed by atoms with van der Waals surface area (Å²) in [6.45, 7) is 15.8. The van der Waals surface area contributed by atoms with E-state index in [9.17, 15) is 0 Å². The molecule has 1 aliphatic carbocycles. The van der Waals surface area contributed by atoms with Gasteiger partial charge in [-0.25, -0.2) is 9.97 Å². The number of halogens is 1. The van der Waals surface area contributed by atoms with Crippen LogP contribution in [0.2, 0.25) is 23.3 Å². The maximum absolute atomic E-state index is 6.82. The molecule has 2 aromatic heterocycles. The molecule has 0 unspecified atom stereocenters. The Bertz CT molecular complexity index is 796. The van der Waals surface area contributed by atoms with Gasteiger partial charge in [0, 0.05) is 18.3 Å². The molecule has 0 N–H and O–H groups in total. The summed E-state index contributed by atoms with van der Waals surface area (Å²) in [7, 11) is -1.77. The van der Waals surface area contributed by atoms with Gasteiger partial charge in [-0.3, -0.25) is 0 Å². The van der Waals surface area contributed by atoms with Crippen LogP contribution in [0.1, 0.15) is 58.8 Å². The molecule has 0 aromatic carbocycles. The molecule has 4 nitrogen and oxygen atoms in total. The molecular weight excluding hydrogens is 362 g/mol. The van der Waals surface area contributed by atoms with Gasteiger partial charge >= 0.3 is 0 Å². The van der Waals surface area contributed by atoms with Crippen molar-refractivity contribution in [2.24, 2.45) is 5.92 Å². The fraction of sp³-hybridized carbons (Fsp3) is 0.700. The van der Waals surface area contributed by atoms with E-state index in [1.54, 1.807) is 0 Å². The smallest absolute Gasteiger partial charge is 0.192 e. The summed E-state index contributed by atoms with van der Waals surface area (Å²) in [5.74, 6) is 1.33. The second-order valence-electron chi connectivity index (χ2n) is 9.23. The van der Waals surface area contributed by atoms with E-state index < -0.39 is 8.32 Å². The molecule has 6 heteroatoms. The van der Waals surface area contributed by atoms with Crippen molar-refractivity contribution in [3.63, 3.8) is 0 Å². The van der Waals surface area contributed by atoms with Crippen molar-refractivity contribution in [1.29, 1.82) is 0 Å². The Morgan fingerprint density at radius 1 is 1.27 bits per heavy atom. The summed E-state index contributed by atoms with van der Waals surface area (Å²) >= 11 is 6.32. The minimum absolute atomic E-state index is 0.237. The van der Waals surface area contributed by atoms with Gasteiger partial charge in [-0.15, -0.1) is 0 Å². The molecule has 2 heterocycles. The van der Waals surface area contributed by atoms with E-state index in [0.717, 1.165) is 36.1 Å². The topological polar surface area (TPSA) is 39.9 Å². The van der Waals surface area contributed by atoms with Crippen molar-refractivity contribution in [3.8, 4) is 0 Å². The molecular formula is C20H32ClN3OSi. The average Bonchev–Trinajstić information content (AvgIpc) is 3.09. The highest BCUT2D eigenvalue weighted by Crippen LogP contribution is 2.45. The Labute approximate surface area is 163 Å². The SMILES string of the molecule is CC[C@@H]1C[C@@H](n2ccc3c(Cl)nc(C)nc32)C[C@@H]1O[Si](C)(C)C(C)(C)C. The number of nitrogens with zero attached hydrogens (tertiary/aromatic N) is 3. The van der Waals surface area contributed by atoms with Crippen LogP contribution in [0.25, 0.3) is 11.0 Å². The predicted molar refractivity (Wildman–Crippen MR) is 111 cm³/mol. The van der Waals surface area contributed by atoms with Gasteiger partial charge in [0.25, 0.3) is 0 Å². The average molecular weight is 394 g/mol. The summed E-state index contributed by atoms with van der Waals surface area (Å²) < 4.78 is 9.12. The molecule has 1 fully saturated rings. The Kier molecular flexibility index (Phi) is 5.28. The molecule has 2 aromatic rings. The van der Waals surface area contributed by atoms with E-state index in [1.807, 2.05) is 13.0 Å². The monoisotopic (exact) mass is 393 g/mol. The van der Waals surface area contributed by atoms with Crippen LogP contribution >= 0.6 is 11.6 Å². The van der Waals surface area contributed by atoms with Gasteiger partial charge in [-0.2, -0.15) is 0 Å². The molecule has 144 valence electrons. The molecule has 0 radical (unpaired) electrons. The minimum atomic E-state index is -1.77. The predicted octanol–water partition coefficient (Wildman–Crippen LogP) is 6.14. The molecule has 0 aliphatic heterocycles. The Balaban J connectivity index is 1.88. The van der Waals surface area contributed by atoms with Crippen molar-refractivity contribution >= 4 is 31.0 Å². The molecule has 0 amide bonds. The Morgan fingerprint density at radius 3 is 2.58 bits per heavy atom. The third kappa shape index (κ3) is 3.58. The van der Waals surface area contributed by atoms with E-state index in [1.165, 1.54) is 0 Å². The molecule has 0 spiro atoms. The summed E-state index contributed by atoms with van der Waals surface area (Å²) in [5, 5.41) is 1.73. The zero-order valence-electron chi connectivity index (χ0n) is 17.1. The zero-order valence-corrected chi connectivity index (χ0v) is 18.9. The van der Waals surface area contributed by atoms with Gasteiger partial charge in [-0.05, 0) is 49.9 Å². The first-order chi connectivity index (χ1) is 12.0. The van der Waals surface area contributed by atoms with E-state index >= 15 is 0 Å². The van der Waals surface area contributed by atoms with Crippen LogP contribution in [0, 0.1) is 12.8 Å². The van der Waals surface area contributed by atoms with Crippen molar-refractivity contribution in [3.05, 3.63) is 23.2 Å². The number of rotatable bonds is 4. The summed E-state index contributed by atoms with van der Waals surface area (Å²) in [6, 6.07) is 2.46. The van der Waals surface area contributed by atoms with Gasteiger partial charge < -0.3 is 8.99 Å². The van der Waals surface area contributed by atoms with Crippen LogP contribution in [-0.4, -0.2) is 29.0 Å². The van der Waals surface area contributed by atoms with Crippen LogP contribution in [0.15, 0.2) is 12.3 Å². The summed E-state index contributed by atoms with van der Waals surface area (Å²) in [4.78, 5) is 8.95. The van der Waals surface area contributed by atoms with Gasteiger partial charge in [0.2, 0.25) is 0 Å². The summed E-state index contributed by atoms with van der Waals surface area (Å²) in [5.41, 5.74) is 0.954. The van der Waals surface area contributed by atoms with E-state index in [2.05, 4.69) is 61.5 Å². The molecule has 3 rings (SSSR count). The lowest BCUT2D eigenvalue weighted by atomic mass is 10.0. The fourth-order valence-electron chi connectivity index (χ4n) is 3.81. The van der Waals surface area contributed by atoms with Crippen LogP contribution < -0.4 is 0 Å². The van der Waals surface area contributed by atoms with Crippen LogP contribution in [0.3, 0.4) is 0 Å². The van der Waals surface area contributed by atoms with Crippen LogP contribution in [-0.2, 0) is 4.43 Å². The molecule has 0 saturated heterocycles. The standard InChI is InChI=1S/C20H32ClN3OSi/c1-8-14-11-15(12-17(14)25-26(6,7)20(3,4)5)24-10-9-16-18(21)22-13(2)23-19(16)24/h9-10,14-15,17H,8,11-12H2,1-7H3/t14-,15-,17+/m1/s1. The fourth-order valence-corrected chi connectivity index (χ4v) is 5.48. The van der Waals surface area contributed by atoms with Crippen molar-refractivity contribution in [1.82, 2.24) is 14.5 Å². The zero-order chi connectivity index (χ0) is 19.3. The first-order valence-electron chi connectivity index (χ1n) is 9.72. The van der Waals surface area contributed by atoms with Gasteiger partial charge in [0.1, 0.15) is 16.6 Å². The Hall–Kier alpha value is -0.913. The Morgan fingerprint density at radius 2 is 1.96 bits per heavy atom. The lowest BCUT2D eigenvalue weighted by Gasteiger charge is -2.39. The van der Waals surface area contributed by atoms with E-state index in [4.69, 9.17) is 16.0 Å². The van der Waals surface area contributed by atoms with Crippen molar-refractivity contribution < 1.29 is 4.43 Å². The van der Waals surface area contributed by atoms with E-state index in [-0.39, 0.29) is 5.04 Å². The van der Waals surface area contributed by atoms with Crippen molar-refractivity contribution in [2.45, 2.75) is 84.2 Å².